The zero-order valence-corrected chi connectivity index (χ0v) is 11.8. The van der Waals surface area contributed by atoms with Crippen LogP contribution in [0.3, 0.4) is 0 Å². The molecule has 1 aromatic carbocycles. The lowest BCUT2D eigenvalue weighted by atomic mass is 10.1. The monoisotopic (exact) mass is 312 g/mol. The Hall–Kier alpha value is -1.03. The summed E-state index contributed by atoms with van der Waals surface area (Å²) in [5.41, 5.74) is 0.257. The molecule has 0 amide bonds. The summed E-state index contributed by atoms with van der Waals surface area (Å²) in [6.07, 6.45) is 7.30. The van der Waals surface area contributed by atoms with Gasteiger partial charge in [-0.05, 0) is 43.9 Å². The molecule has 1 aromatic rings. The summed E-state index contributed by atoms with van der Waals surface area (Å²) in [5.74, 6) is -0.282. The molecule has 1 aliphatic rings. The van der Waals surface area contributed by atoms with Crippen molar-refractivity contribution in [3.05, 3.63) is 28.2 Å². The molecule has 0 aromatic heterocycles. The van der Waals surface area contributed by atoms with E-state index in [0.29, 0.717) is 5.75 Å². The normalized spacial score (nSPS) is 17.2. The second kappa shape index (κ2) is 6.23. The Morgan fingerprint density at radius 1 is 1.17 bits per heavy atom. The Morgan fingerprint density at radius 3 is 2.44 bits per heavy atom. The van der Waals surface area contributed by atoms with Gasteiger partial charge in [0.05, 0.1) is 11.7 Å². The molecule has 0 aliphatic heterocycles. The van der Waals surface area contributed by atoms with Crippen molar-refractivity contribution in [1.82, 2.24) is 0 Å². The van der Waals surface area contributed by atoms with Crippen LogP contribution >= 0.6 is 15.9 Å². The standard InChI is InChI=1S/C14H17BrO3/c15-11-7-10(14(16)17)8-13(9-11)18-12-5-3-1-2-4-6-12/h7-9,12H,1-6H2,(H,16,17). The molecule has 1 fully saturated rings. The fraction of sp³-hybridized carbons (Fsp3) is 0.500. The third kappa shape index (κ3) is 3.73. The Labute approximate surface area is 115 Å². The summed E-state index contributed by atoms with van der Waals surface area (Å²) in [4.78, 5) is 11.0. The molecule has 4 heteroatoms. The molecular weight excluding hydrogens is 296 g/mol. The fourth-order valence-electron chi connectivity index (χ4n) is 2.31. The van der Waals surface area contributed by atoms with Crippen LogP contribution in [-0.4, -0.2) is 17.2 Å². The lowest BCUT2D eigenvalue weighted by Crippen LogP contribution is -2.15. The van der Waals surface area contributed by atoms with Gasteiger partial charge in [0, 0.05) is 4.47 Å². The second-order valence-corrected chi connectivity index (χ2v) is 5.63. The van der Waals surface area contributed by atoms with Crippen molar-refractivity contribution in [2.45, 2.75) is 44.6 Å². The van der Waals surface area contributed by atoms with Crippen LogP contribution in [0.2, 0.25) is 0 Å². The van der Waals surface area contributed by atoms with Crippen LogP contribution in [-0.2, 0) is 0 Å². The first-order valence-electron chi connectivity index (χ1n) is 6.36. The molecule has 2 rings (SSSR count). The maximum Gasteiger partial charge on any atom is 0.335 e. The molecule has 1 aliphatic carbocycles. The predicted molar refractivity (Wildman–Crippen MR) is 73.2 cm³/mol. The molecule has 1 saturated carbocycles. The van der Waals surface area contributed by atoms with E-state index in [1.165, 1.54) is 25.7 Å². The number of aromatic carboxylic acids is 1. The maximum atomic E-state index is 11.0. The molecule has 3 nitrogen and oxygen atoms in total. The lowest BCUT2D eigenvalue weighted by Gasteiger charge is -2.17. The van der Waals surface area contributed by atoms with Crippen LogP contribution in [0, 0.1) is 0 Å². The van der Waals surface area contributed by atoms with Gasteiger partial charge in [0.15, 0.2) is 0 Å². The zero-order chi connectivity index (χ0) is 13.0. The van der Waals surface area contributed by atoms with Gasteiger partial charge in [-0.2, -0.15) is 0 Å². The minimum atomic E-state index is -0.929. The molecule has 0 bridgehead atoms. The quantitative estimate of drug-likeness (QED) is 0.849. The highest BCUT2D eigenvalue weighted by atomic mass is 79.9. The molecular formula is C14H17BrO3. The summed E-state index contributed by atoms with van der Waals surface area (Å²) in [6, 6.07) is 5.01. The topological polar surface area (TPSA) is 46.5 Å². The third-order valence-corrected chi connectivity index (χ3v) is 3.68. The summed E-state index contributed by atoms with van der Waals surface area (Å²) < 4.78 is 6.66. The highest BCUT2D eigenvalue weighted by Crippen LogP contribution is 2.26. The van der Waals surface area contributed by atoms with Crippen molar-refractivity contribution >= 4 is 21.9 Å². The van der Waals surface area contributed by atoms with Crippen molar-refractivity contribution < 1.29 is 14.6 Å². The summed E-state index contributed by atoms with van der Waals surface area (Å²) in [6.45, 7) is 0. The Morgan fingerprint density at radius 2 is 1.83 bits per heavy atom. The molecule has 0 spiro atoms. The van der Waals surface area contributed by atoms with Crippen molar-refractivity contribution in [1.29, 1.82) is 0 Å². The maximum absolute atomic E-state index is 11.0. The average Bonchev–Trinajstić information content (AvgIpc) is 2.57. The lowest BCUT2D eigenvalue weighted by molar-refractivity contribution is 0.0695. The minimum absolute atomic E-state index is 0.225. The Balaban J connectivity index is 2.10. The molecule has 18 heavy (non-hydrogen) atoms. The van der Waals surface area contributed by atoms with Crippen LogP contribution < -0.4 is 4.74 Å². The largest absolute Gasteiger partial charge is 0.490 e. The van der Waals surface area contributed by atoms with E-state index in [1.807, 2.05) is 6.07 Å². The first kappa shape index (κ1) is 13.4. The summed E-state index contributed by atoms with van der Waals surface area (Å²) in [5, 5.41) is 9.01. The third-order valence-electron chi connectivity index (χ3n) is 3.22. The molecule has 0 radical (unpaired) electrons. The van der Waals surface area contributed by atoms with Gasteiger partial charge in [-0.25, -0.2) is 4.79 Å². The molecule has 0 saturated heterocycles. The number of carbonyl (C=O) groups is 1. The number of rotatable bonds is 3. The molecule has 0 heterocycles. The van der Waals surface area contributed by atoms with E-state index < -0.39 is 5.97 Å². The molecule has 1 N–H and O–H groups in total. The fourth-order valence-corrected chi connectivity index (χ4v) is 2.78. The van der Waals surface area contributed by atoms with E-state index in [2.05, 4.69) is 15.9 Å². The van der Waals surface area contributed by atoms with E-state index in [9.17, 15) is 4.79 Å². The first-order chi connectivity index (χ1) is 8.65. The second-order valence-electron chi connectivity index (χ2n) is 4.71. The van der Waals surface area contributed by atoms with Crippen LogP contribution in [0.25, 0.3) is 0 Å². The van der Waals surface area contributed by atoms with Crippen LogP contribution in [0.4, 0.5) is 0 Å². The van der Waals surface area contributed by atoms with Gasteiger partial charge in [0.1, 0.15) is 5.75 Å². The highest BCUT2D eigenvalue weighted by molar-refractivity contribution is 9.10. The van der Waals surface area contributed by atoms with Crippen LogP contribution in [0.5, 0.6) is 5.75 Å². The van der Waals surface area contributed by atoms with Gasteiger partial charge in [-0.15, -0.1) is 0 Å². The van der Waals surface area contributed by atoms with Gasteiger partial charge in [-0.3, -0.25) is 0 Å². The van der Waals surface area contributed by atoms with Crippen LogP contribution in [0.1, 0.15) is 48.9 Å². The summed E-state index contributed by atoms with van der Waals surface area (Å²) in [7, 11) is 0. The molecule has 98 valence electrons. The van der Waals surface area contributed by atoms with Gasteiger partial charge in [-0.1, -0.05) is 28.8 Å². The SMILES string of the molecule is O=C(O)c1cc(Br)cc(OC2CCCCCC2)c1. The zero-order valence-electron chi connectivity index (χ0n) is 10.2. The number of hydrogen-bond donors (Lipinski definition) is 1. The first-order valence-corrected chi connectivity index (χ1v) is 7.15. The van der Waals surface area contributed by atoms with Crippen molar-refractivity contribution in [2.75, 3.05) is 0 Å². The average molecular weight is 313 g/mol. The van der Waals surface area contributed by atoms with Crippen molar-refractivity contribution in [3.8, 4) is 5.75 Å². The van der Waals surface area contributed by atoms with E-state index >= 15 is 0 Å². The number of hydrogen-bond acceptors (Lipinski definition) is 2. The van der Waals surface area contributed by atoms with E-state index in [0.717, 1.165) is 17.3 Å². The van der Waals surface area contributed by atoms with E-state index in [4.69, 9.17) is 9.84 Å². The van der Waals surface area contributed by atoms with Gasteiger partial charge < -0.3 is 9.84 Å². The van der Waals surface area contributed by atoms with E-state index in [1.54, 1.807) is 12.1 Å². The number of carboxylic acid groups (broad SMARTS) is 1. The number of carboxylic acids is 1. The van der Waals surface area contributed by atoms with Gasteiger partial charge in [0.25, 0.3) is 0 Å². The Kier molecular flexibility index (Phi) is 4.64. The van der Waals surface area contributed by atoms with Gasteiger partial charge in [0.2, 0.25) is 0 Å². The van der Waals surface area contributed by atoms with Crippen molar-refractivity contribution in [2.24, 2.45) is 0 Å². The smallest absolute Gasteiger partial charge is 0.335 e. The predicted octanol–water partition coefficient (Wildman–Crippen LogP) is 4.25. The summed E-state index contributed by atoms with van der Waals surface area (Å²) >= 11 is 3.32. The number of halogens is 1. The van der Waals surface area contributed by atoms with E-state index in [-0.39, 0.29) is 11.7 Å². The van der Waals surface area contributed by atoms with Crippen molar-refractivity contribution in [3.63, 3.8) is 0 Å². The van der Waals surface area contributed by atoms with Gasteiger partial charge >= 0.3 is 5.97 Å². The highest BCUT2D eigenvalue weighted by Gasteiger charge is 2.15. The number of benzene rings is 1. The number of ether oxygens (including phenoxy) is 1. The molecule has 0 unspecified atom stereocenters. The van der Waals surface area contributed by atoms with Crippen LogP contribution in [0.15, 0.2) is 22.7 Å². The Bertz CT molecular complexity index is 423. The molecule has 0 atom stereocenters. The minimum Gasteiger partial charge on any atom is -0.490 e.